The molecule has 2 aromatic carbocycles. The second-order valence-electron chi connectivity index (χ2n) is 7.40. The Labute approximate surface area is 168 Å². The molecule has 2 aliphatic rings. The van der Waals surface area contributed by atoms with Crippen LogP contribution in [0, 0.1) is 5.82 Å². The highest BCUT2D eigenvalue weighted by atomic mass is 19.1. The van der Waals surface area contributed by atoms with E-state index in [1.54, 1.807) is 49.4 Å². The maximum atomic E-state index is 14.6. The third kappa shape index (κ3) is 3.65. The Morgan fingerprint density at radius 3 is 2.62 bits per heavy atom. The van der Waals surface area contributed by atoms with Crippen LogP contribution in [0.3, 0.4) is 0 Å². The summed E-state index contributed by atoms with van der Waals surface area (Å²) in [5.74, 6) is -0.792. The molecule has 0 saturated carbocycles. The Bertz CT molecular complexity index is 983. The fraction of sp³-hybridized carbons (Fsp3) is 0.318. The molecule has 2 aromatic rings. The van der Waals surface area contributed by atoms with Crippen molar-refractivity contribution in [3.63, 3.8) is 0 Å². The lowest BCUT2D eigenvalue weighted by Crippen LogP contribution is -2.45. The van der Waals surface area contributed by atoms with Gasteiger partial charge in [0.05, 0.1) is 17.5 Å². The second-order valence-corrected chi connectivity index (χ2v) is 7.40. The van der Waals surface area contributed by atoms with E-state index in [1.807, 2.05) is 0 Å². The number of nitrogens with zero attached hydrogens (tertiary/aromatic N) is 2. The summed E-state index contributed by atoms with van der Waals surface area (Å²) >= 11 is 0. The van der Waals surface area contributed by atoms with Crippen molar-refractivity contribution in [2.75, 3.05) is 23.5 Å². The standard InChI is InChI=1S/C22H22FN3O3/c1-15-13-20(27)26(25-15)17-6-4-5-16(14-17)24-21(28)22(9-11-29-12-10-22)18-7-2-3-8-19(18)23/h2-8,14H,9-13H2,1H3,(H,24,28). The van der Waals surface area contributed by atoms with Gasteiger partial charge < -0.3 is 10.1 Å². The van der Waals surface area contributed by atoms with E-state index in [0.29, 0.717) is 43.0 Å². The summed E-state index contributed by atoms with van der Waals surface area (Å²) in [6.45, 7) is 2.57. The van der Waals surface area contributed by atoms with Gasteiger partial charge in [0.15, 0.2) is 0 Å². The lowest BCUT2D eigenvalue weighted by Gasteiger charge is -2.36. The Morgan fingerprint density at radius 1 is 1.17 bits per heavy atom. The summed E-state index contributed by atoms with van der Waals surface area (Å²) in [6, 6.07) is 13.3. The smallest absolute Gasteiger partial charge is 0.253 e. The molecule has 7 heteroatoms. The van der Waals surface area contributed by atoms with Crippen LogP contribution in [0.15, 0.2) is 53.6 Å². The molecule has 0 spiro atoms. The number of benzene rings is 2. The van der Waals surface area contributed by atoms with Crippen LogP contribution in [-0.2, 0) is 19.7 Å². The van der Waals surface area contributed by atoms with Gasteiger partial charge >= 0.3 is 0 Å². The molecule has 29 heavy (non-hydrogen) atoms. The highest BCUT2D eigenvalue weighted by Crippen LogP contribution is 2.38. The van der Waals surface area contributed by atoms with Crippen LogP contribution in [0.4, 0.5) is 15.8 Å². The van der Waals surface area contributed by atoms with Crippen molar-refractivity contribution in [1.29, 1.82) is 0 Å². The second kappa shape index (κ2) is 7.75. The van der Waals surface area contributed by atoms with Gasteiger partial charge in [0.25, 0.3) is 5.91 Å². The minimum atomic E-state index is -1.00. The first-order valence-corrected chi connectivity index (χ1v) is 9.61. The first-order valence-electron chi connectivity index (χ1n) is 9.61. The number of hydrogen-bond acceptors (Lipinski definition) is 4. The number of amides is 2. The molecule has 0 radical (unpaired) electrons. The van der Waals surface area contributed by atoms with Gasteiger partial charge in [-0.3, -0.25) is 9.59 Å². The molecule has 150 valence electrons. The van der Waals surface area contributed by atoms with E-state index in [1.165, 1.54) is 11.1 Å². The summed E-state index contributed by atoms with van der Waals surface area (Å²) in [4.78, 5) is 25.5. The summed E-state index contributed by atoms with van der Waals surface area (Å²) in [5.41, 5.74) is 1.23. The molecule has 2 heterocycles. The average molecular weight is 395 g/mol. The van der Waals surface area contributed by atoms with E-state index in [9.17, 15) is 14.0 Å². The fourth-order valence-corrected chi connectivity index (χ4v) is 3.91. The summed E-state index contributed by atoms with van der Waals surface area (Å²) in [7, 11) is 0. The van der Waals surface area contributed by atoms with Gasteiger partial charge in [-0.25, -0.2) is 9.40 Å². The van der Waals surface area contributed by atoms with Crippen LogP contribution < -0.4 is 10.3 Å². The zero-order chi connectivity index (χ0) is 20.4. The predicted molar refractivity (Wildman–Crippen MR) is 108 cm³/mol. The normalized spacial score (nSPS) is 18.5. The van der Waals surface area contributed by atoms with Gasteiger partial charge in [-0.1, -0.05) is 24.3 Å². The maximum absolute atomic E-state index is 14.6. The molecule has 6 nitrogen and oxygen atoms in total. The Kier molecular flexibility index (Phi) is 5.15. The molecule has 1 fully saturated rings. The molecule has 0 bridgehead atoms. The van der Waals surface area contributed by atoms with Crippen LogP contribution in [0.5, 0.6) is 0 Å². The molecule has 1 saturated heterocycles. The van der Waals surface area contributed by atoms with Crippen molar-refractivity contribution < 1.29 is 18.7 Å². The van der Waals surface area contributed by atoms with Crippen molar-refractivity contribution in [3.8, 4) is 0 Å². The molecule has 4 rings (SSSR count). The number of anilines is 2. The number of halogens is 1. The van der Waals surface area contributed by atoms with Gasteiger partial charge in [0.1, 0.15) is 5.82 Å². The number of carbonyl (C=O) groups excluding carboxylic acids is 2. The minimum absolute atomic E-state index is 0.113. The molecular formula is C22H22FN3O3. The maximum Gasteiger partial charge on any atom is 0.253 e. The van der Waals surface area contributed by atoms with Gasteiger partial charge in [-0.2, -0.15) is 5.10 Å². The van der Waals surface area contributed by atoms with Crippen molar-refractivity contribution >= 4 is 28.9 Å². The van der Waals surface area contributed by atoms with Crippen molar-refractivity contribution in [2.45, 2.75) is 31.6 Å². The number of hydrogen-bond donors (Lipinski definition) is 1. The van der Waals surface area contributed by atoms with Gasteiger partial charge in [-0.15, -0.1) is 0 Å². The topological polar surface area (TPSA) is 71.0 Å². The van der Waals surface area contributed by atoms with Gasteiger partial charge in [0.2, 0.25) is 5.91 Å². The van der Waals surface area contributed by atoms with Crippen LogP contribution in [0.25, 0.3) is 0 Å². The van der Waals surface area contributed by atoms with Gasteiger partial charge in [-0.05, 0) is 44.0 Å². The summed E-state index contributed by atoms with van der Waals surface area (Å²) in [6.07, 6.45) is 1.08. The minimum Gasteiger partial charge on any atom is -0.381 e. The van der Waals surface area contributed by atoms with E-state index in [4.69, 9.17) is 4.74 Å². The number of rotatable bonds is 4. The van der Waals surface area contributed by atoms with E-state index >= 15 is 0 Å². The monoisotopic (exact) mass is 395 g/mol. The molecule has 0 aromatic heterocycles. The molecule has 0 aliphatic carbocycles. The fourth-order valence-electron chi connectivity index (χ4n) is 3.91. The average Bonchev–Trinajstić information content (AvgIpc) is 3.07. The summed E-state index contributed by atoms with van der Waals surface area (Å²) < 4.78 is 20.0. The molecule has 0 unspecified atom stereocenters. The SMILES string of the molecule is CC1=NN(c2cccc(NC(=O)C3(c4ccccc4F)CCOCC3)c2)C(=O)C1. The molecule has 1 N–H and O–H groups in total. The van der Waals surface area contributed by atoms with Crippen molar-refractivity contribution in [3.05, 3.63) is 59.9 Å². The lowest BCUT2D eigenvalue weighted by molar-refractivity contribution is -0.125. The Hall–Kier alpha value is -3.06. The zero-order valence-electron chi connectivity index (χ0n) is 16.2. The molecule has 2 aliphatic heterocycles. The highest BCUT2D eigenvalue weighted by Gasteiger charge is 2.43. The lowest BCUT2D eigenvalue weighted by atomic mass is 9.73. The van der Waals surface area contributed by atoms with Crippen LogP contribution in [0.2, 0.25) is 0 Å². The Morgan fingerprint density at radius 2 is 1.93 bits per heavy atom. The number of carbonyl (C=O) groups is 2. The number of ether oxygens (including phenoxy) is 1. The van der Waals surface area contributed by atoms with Crippen LogP contribution >= 0.6 is 0 Å². The van der Waals surface area contributed by atoms with Crippen LogP contribution in [-0.4, -0.2) is 30.7 Å². The first-order chi connectivity index (χ1) is 14.0. The van der Waals surface area contributed by atoms with Gasteiger partial charge in [0, 0.05) is 30.2 Å². The first kappa shape index (κ1) is 19.3. The van der Waals surface area contributed by atoms with E-state index in [0.717, 1.165) is 5.71 Å². The van der Waals surface area contributed by atoms with E-state index in [-0.39, 0.29) is 18.2 Å². The third-order valence-electron chi connectivity index (χ3n) is 5.43. The predicted octanol–water partition coefficient (Wildman–Crippen LogP) is 3.63. The largest absolute Gasteiger partial charge is 0.381 e. The van der Waals surface area contributed by atoms with E-state index < -0.39 is 11.2 Å². The summed E-state index contributed by atoms with van der Waals surface area (Å²) in [5, 5.41) is 8.50. The van der Waals surface area contributed by atoms with Crippen LogP contribution in [0.1, 0.15) is 31.7 Å². The highest BCUT2D eigenvalue weighted by molar-refractivity contribution is 6.12. The molecule has 2 amide bonds. The molecule has 0 atom stereocenters. The number of hydrazone groups is 1. The van der Waals surface area contributed by atoms with Crippen molar-refractivity contribution in [2.24, 2.45) is 5.10 Å². The quantitative estimate of drug-likeness (QED) is 0.859. The van der Waals surface area contributed by atoms with E-state index in [2.05, 4.69) is 10.4 Å². The molecular weight excluding hydrogens is 373 g/mol. The Balaban J connectivity index is 1.63. The third-order valence-corrected chi connectivity index (χ3v) is 5.43. The number of nitrogens with one attached hydrogen (secondary N) is 1. The van der Waals surface area contributed by atoms with Crippen molar-refractivity contribution in [1.82, 2.24) is 0 Å². The zero-order valence-corrected chi connectivity index (χ0v) is 16.2.